The Bertz CT molecular complexity index is 665. The number of halogens is 1. The SMILES string of the molecule is CCn1c(C2CCC(C(=O)O)C2)nc2ccc(F)cc21. The Labute approximate surface area is 116 Å². The van der Waals surface area contributed by atoms with Gasteiger partial charge in [0.15, 0.2) is 0 Å². The predicted octanol–water partition coefficient (Wildman–Crippen LogP) is 3.16. The molecule has 2 unspecified atom stereocenters. The molecule has 1 aromatic carbocycles. The molecular weight excluding hydrogens is 259 g/mol. The van der Waals surface area contributed by atoms with Gasteiger partial charge >= 0.3 is 5.97 Å². The van der Waals surface area contributed by atoms with Crippen molar-refractivity contribution in [3.63, 3.8) is 0 Å². The first-order valence-electron chi connectivity index (χ1n) is 6.98. The fraction of sp³-hybridized carbons (Fsp3) is 0.467. The van der Waals surface area contributed by atoms with Crippen LogP contribution >= 0.6 is 0 Å². The zero-order valence-electron chi connectivity index (χ0n) is 11.3. The Morgan fingerprint density at radius 3 is 2.95 bits per heavy atom. The van der Waals surface area contributed by atoms with Crippen LogP contribution in [0.4, 0.5) is 4.39 Å². The molecule has 1 aliphatic rings. The van der Waals surface area contributed by atoms with Gasteiger partial charge in [0.2, 0.25) is 0 Å². The van der Waals surface area contributed by atoms with Gasteiger partial charge in [-0.15, -0.1) is 0 Å². The van der Waals surface area contributed by atoms with Crippen LogP contribution in [0.3, 0.4) is 0 Å². The van der Waals surface area contributed by atoms with E-state index in [-0.39, 0.29) is 17.7 Å². The van der Waals surface area contributed by atoms with Gasteiger partial charge in [-0.25, -0.2) is 9.37 Å². The van der Waals surface area contributed by atoms with Crippen LogP contribution < -0.4 is 0 Å². The fourth-order valence-electron chi connectivity index (χ4n) is 3.20. The zero-order valence-corrected chi connectivity index (χ0v) is 11.3. The standard InChI is InChI=1S/C15H17FN2O2/c1-2-18-13-8-11(16)5-6-12(13)17-14(18)9-3-4-10(7-9)15(19)20/h5-6,8-10H,2-4,7H2,1H3,(H,19,20). The molecule has 0 radical (unpaired) electrons. The number of imidazole rings is 1. The van der Waals surface area contributed by atoms with Gasteiger partial charge in [-0.3, -0.25) is 4.79 Å². The summed E-state index contributed by atoms with van der Waals surface area (Å²) in [7, 11) is 0. The van der Waals surface area contributed by atoms with Gasteiger partial charge in [-0.1, -0.05) is 0 Å². The molecule has 0 aliphatic heterocycles. The quantitative estimate of drug-likeness (QED) is 0.936. The lowest BCUT2D eigenvalue weighted by atomic mass is 10.0. The molecule has 0 bridgehead atoms. The molecular formula is C15H17FN2O2. The lowest BCUT2D eigenvalue weighted by Gasteiger charge is -2.12. The van der Waals surface area contributed by atoms with Gasteiger partial charge < -0.3 is 9.67 Å². The third-order valence-corrected chi connectivity index (χ3v) is 4.20. The molecule has 4 nitrogen and oxygen atoms in total. The Morgan fingerprint density at radius 1 is 1.50 bits per heavy atom. The van der Waals surface area contributed by atoms with Gasteiger partial charge in [0.25, 0.3) is 0 Å². The first-order chi connectivity index (χ1) is 9.60. The van der Waals surface area contributed by atoms with Gasteiger partial charge in [0.05, 0.1) is 17.0 Å². The van der Waals surface area contributed by atoms with Gasteiger partial charge in [0.1, 0.15) is 11.6 Å². The van der Waals surface area contributed by atoms with E-state index in [9.17, 15) is 9.18 Å². The highest BCUT2D eigenvalue weighted by Gasteiger charge is 2.33. The summed E-state index contributed by atoms with van der Waals surface area (Å²) < 4.78 is 15.4. The van der Waals surface area contributed by atoms with E-state index in [0.717, 1.165) is 23.3 Å². The topological polar surface area (TPSA) is 55.1 Å². The van der Waals surface area contributed by atoms with Crippen LogP contribution in [0.5, 0.6) is 0 Å². The number of aliphatic carboxylic acids is 1. The average Bonchev–Trinajstić information content (AvgIpc) is 3.01. The highest BCUT2D eigenvalue weighted by Crippen LogP contribution is 2.39. The van der Waals surface area contributed by atoms with Crippen LogP contribution in [0.1, 0.15) is 37.9 Å². The summed E-state index contributed by atoms with van der Waals surface area (Å²) in [5, 5.41) is 9.10. The number of rotatable bonds is 3. The lowest BCUT2D eigenvalue weighted by molar-refractivity contribution is -0.141. The predicted molar refractivity (Wildman–Crippen MR) is 73.1 cm³/mol. The van der Waals surface area contributed by atoms with E-state index in [1.807, 2.05) is 11.5 Å². The molecule has 1 aromatic heterocycles. The largest absolute Gasteiger partial charge is 0.481 e. The molecule has 106 valence electrons. The molecule has 0 spiro atoms. The number of hydrogen-bond donors (Lipinski definition) is 1. The Balaban J connectivity index is 2.01. The molecule has 20 heavy (non-hydrogen) atoms. The van der Waals surface area contributed by atoms with Gasteiger partial charge in [-0.2, -0.15) is 0 Å². The summed E-state index contributed by atoms with van der Waals surface area (Å²) in [6, 6.07) is 4.59. The maximum atomic E-state index is 13.4. The summed E-state index contributed by atoms with van der Waals surface area (Å²) in [6.45, 7) is 2.71. The van der Waals surface area contributed by atoms with Crippen molar-refractivity contribution in [2.24, 2.45) is 5.92 Å². The van der Waals surface area contributed by atoms with Crippen molar-refractivity contribution in [2.75, 3.05) is 0 Å². The monoisotopic (exact) mass is 276 g/mol. The van der Waals surface area contributed by atoms with Crippen LogP contribution in [0.25, 0.3) is 11.0 Å². The summed E-state index contributed by atoms with van der Waals surface area (Å²) in [5.74, 6) is -0.212. The highest BCUT2D eigenvalue weighted by atomic mass is 19.1. The Kier molecular flexibility index (Phi) is 3.20. The lowest BCUT2D eigenvalue weighted by Crippen LogP contribution is -2.11. The smallest absolute Gasteiger partial charge is 0.306 e. The van der Waals surface area contributed by atoms with Crippen LogP contribution in [-0.2, 0) is 11.3 Å². The number of carboxylic acid groups (broad SMARTS) is 1. The van der Waals surface area contributed by atoms with Gasteiger partial charge in [-0.05, 0) is 44.4 Å². The second kappa shape index (κ2) is 4.89. The Hall–Kier alpha value is -1.91. The van der Waals surface area contributed by atoms with Crippen LogP contribution in [-0.4, -0.2) is 20.6 Å². The minimum atomic E-state index is -0.724. The molecule has 1 saturated carbocycles. The van der Waals surface area contributed by atoms with Crippen LogP contribution in [0.2, 0.25) is 0 Å². The van der Waals surface area contributed by atoms with Gasteiger partial charge in [0, 0.05) is 12.5 Å². The van der Waals surface area contributed by atoms with Crippen molar-refractivity contribution in [1.82, 2.24) is 9.55 Å². The van der Waals surface area contributed by atoms with E-state index in [0.29, 0.717) is 19.4 Å². The normalized spacial score (nSPS) is 22.5. The number of hydrogen-bond acceptors (Lipinski definition) is 2. The number of aromatic nitrogens is 2. The van der Waals surface area contributed by atoms with Crippen molar-refractivity contribution in [2.45, 2.75) is 38.6 Å². The second-order valence-corrected chi connectivity index (χ2v) is 5.39. The summed E-state index contributed by atoms with van der Waals surface area (Å²) in [4.78, 5) is 15.7. The molecule has 2 aromatic rings. The van der Waals surface area contributed by atoms with Crippen molar-refractivity contribution in [3.8, 4) is 0 Å². The third-order valence-electron chi connectivity index (χ3n) is 4.20. The second-order valence-electron chi connectivity index (χ2n) is 5.39. The van der Waals surface area contributed by atoms with E-state index in [2.05, 4.69) is 4.98 Å². The molecule has 5 heteroatoms. The number of aryl methyl sites for hydroxylation is 1. The summed E-state index contributed by atoms with van der Waals surface area (Å²) in [5.41, 5.74) is 1.57. The molecule has 2 atom stereocenters. The van der Waals surface area contributed by atoms with Crippen molar-refractivity contribution >= 4 is 17.0 Å². The Morgan fingerprint density at radius 2 is 2.30 bits per heavy atom. The van der Waals surface area contributed by atoms with Crippen molar-refractivity contribution in [1.29, 1.82) is 0 Å². The molecule has 0 amide bonds. The van der Waals surface area contributed by atoms with E-state index < -0.39 is 5.97 Å². The minimum absolute atomic E-state index is 0.159. The molecule has 1 heterocycles. The average molecular weight is 276 g/mol. The number of carboxylic acids is 1. The molecule has 0 saturated heterocycles. The summed E-state index contributed by atoms with van der Waals surface area (Å²) >= 11 is 0. The van der Waals surface area contributed by atoms with Crippen LogP contribution in [0, 0.1) is 11.7 Å². The number of carbonyl (C=O) groups is 1. The van der Waals surface area contributed by atoms with Crippen molar-refractivity contribution in [3.05, 3.63) is 29.8 Å². The number of fused-ring (bicyclic) bond motifs is 1. The maximum absolute atomic E-state index is 13.4. The molecule has 3 rings (SSSR count). The van der Waals surface area contributed by atoms with E-state index in [4.69, 9.17) is 5.11 Å². The zero-order chi connectivity index (χ0) is 14.3. The summed E-state index contributed by atoms with van der Waals surface area (Å²) in [6.07, 6.45) is 2.16. The minimum Gasteiger partial charge on any atom is -0.481 e. The molecule has 1 aliphatic carbocycles. The number of nitrogens with zero attached hydrogens (tertiary/aromatic N) is 2. The van der Waals surface area contributed by atoms with E-state index in [1.165, 1.54) is 12.1 Å². The maximum Gasteiger partial charge on any atom is 0.306 e. The first kappa shape index (κ1) is 13.1. The highest BCUT2D eigenvalue weighted by molar-refractivity contribution is 5.76. The third kappa shape index (κ3) is 2.07. The molecule has 1 N–H and O–H groups in total. The van der Waals surface area contributed by atoms with Crippen LogP contribution in [0.15, 0.2) is 18.2 Å². The van der Waals surface area contributed by atoms with E-state index >= 15 is 0 Å². The van der Waals surface area contributed by atoms with Crippen molar-refractivity contribution < 1.29 is 14.3 Å². The fourth-order valence-corrected chi connectivity index (χ4v) is 3.20. The number of benzene rings is 1. The molecule has 1 fully saturated rings. The van der Waals surface area contributed by atoms with E-state index in [1.54, 1.807) is 6.07 Å². The first-order valence-corrected chi connectivity index (χ1v) is 6.98.